The maximum absolute atomic E-state index is 5.07. The zero-order valence-electron chi connectivity index (χ0n) is 9.77. The fourth-order valence-electron chi connectivity index (χ4n) is 1.37. The zero-order chi connectivity index (χ0) is 12.1. The van der Waals surface area contributed by atoms with E-state index in [0.29, 0.717) is 18.4 Å². The van der Waals surface area contributed by atoms with E-state index in [2.05, 4.69) is 30.5 Å². The van der Waals surface area contributed by atoms with Gasteiger partial charge in [-0.2, -0.15) is 10.1 Å². The summed E-state index contributed by atoms with van der Waals surface area (Å²) in [6.07, 6.45) is 2.22. The van der Waals surface area contributed by atoms with Crippen molar-refractivity contribution in [1.29, 1.82) is 0 Å². The molecule has 90 valence electrons. The number of nitrogens with zero attached hydrogens (tertiary/aromatic N) is 4. The van der Waals surface area contributed by atoms with Gasteiger partial charge in [0, 0.05) is 24.7 Å². The van der Waals surface area contributed by atoms with Gasteiger partial charge in [0.05, 0.1) is 7.11 Å². The third-order valence-corrected chi connectivity index (χ3v) is 2.15. The van der Waals surface area contributed by atoms with Crippen molar-refractivity contribution in [2.75, 3.05) is 19.0 Å². The quantitative estimate of drug-likeness (QED) is 0.786. The summed E-state index contributed by atoms with van der Waals surface area (Å²) in [4.78, 5) is 12.5. The number of methoxy groups -OCH3 is 1. The summed E-state index contributed by atoms with van der Waals surface area (Å²) in [5, 5.41) is 9.67. The van der Waals surface area contributed by atoms with Crippen LogP contribution in [0.15, 0.2) is 12.4 Å². The molecule has 2 heterocycles. The highest BCUT2D eigenvalue weighted by Gasteiger charge is 2.02. The van der Waals surface area contributed by atoms with Crippen LogP contribution < -0.4 is 10.1 Å². The molecule has 2 aromatic rings. The van der Waals surface area contributed by atoms with Gasteiger partial charge in [0.2, 0.25) is 11.8 Å². The molecule has 0 unspecified atom stereocenters. The molecular weight excluding hydrogens is 220 g/mol. The molecule has 0 radical (unpaired) electrons. The lowest BCUT2D eigenvalue weighted by atomic mass is 10.4. The van der Waals surface area contributed by atoms with E-state index in [4.69, 9.17) is 4.74 Å². The molecule has 0 saturated carbocycles. The van der Waals surface area contributed by atoms with Gasteiger partial charge in [-0.1, -0.05) is 0 Å². The minimum atomic E-state index is 0.555. The molecule has 2 aromatic heterocycles. The molecular formula is C10H14N6O. The Balaban J connectivity index is 1.92. The number of rotatable bonds is 5. The Bertz CT molecular complexity index is 470. The molecule has 0 aliphatic rings. The number of aryl methyl sites for hydroxylation is 1. The van der Waals surface area contributed by atoms with Crippen molar-refractivity contribution in [2.45, 2.75) is 13.3 Å². The van der Waals surface area contributed by atoms with Gasteiger partial charge in [-0.15, -0.1) is 0 Å². The predicted octanol–water partition coefficient (Wildman–Crippen LogP) is 0.566. The molecule has 0 aromatic carbocycles. The van der Waals surface area contributed by atoms with E-state index in [0.717, 1.165) is 17.9 Å². The summed E-state index contributed by atoms with van der Waals surface area (Å²) in [6, 6.07) is 1.78. The monoisotopic (exact) mass is 234 g/mol. The van der Waals surface area contributed by atoms with Gasteiger partial charge in [0.1, 0.15) is 12.2 Å². The molecule has 0 aliphatic carbocycles. The molecule has 0 aliphatic heterocycles. The topological polar surface area (TPSA) is 88.6 Å². The fraction of sp³-hybridized carbons (Fsp3) is 0.400. The van der Waals surface area contributed by atoms with Crippen molar-refractivity contribution in [3.05, 3.63) is 23.9 Å². The molecule has 2 rings (SSSR count). The molecule has 0 amide bonds. The maximum Gasteiger partial charge on any atom is 0.226 e. The number of hydrogen-bond donors (Lipinski definition) is 2. The van der Waals surface area contributed by atoms with Gasteiger partial charge in [-0.25, -0.2) is 9.97 Å². The van der Waals surface area contributed by atoms with Crippen LogP contribution >= 0.6 is 0 Å². The van der Waals surface area contributed by atoms with Crippen LogP contribution in [0, 0.1) is 6.92 Å². The lowest BCUT2D eigenvalue weighted by Gasteiger charge is -2.06. The van der Waals surface area contributed by atoms with Crippen LogP contribution in [0.2, 0.25) is 0 Å². The second-order valence-electron chi connectivity index (χ2n) is 3.48. The average molecular weight is 234 g/mol. The van der Waals surface area contributed by atoms with E-state index in [9.17, 15) is 0 Å². The first-order valence-electron chi connectivity index (χ1n) is 5.25. The molecule has 0 atom stereocenters. The molecule has 2 N–H and O–H groups in total. The van der Waals surface area contributed by atoms with Gasteiger partial charge in [0.15, 0.2) is 0 Å². The van der Waals surface area contributed by atoms with Crippen molar-refractivity contribution in [1.82, 2.24) is 25.1 Å². The van der Waals surface area contributed by atoms with E-state index >= 15 is 0 Å². The Morgan fingerprint density at radius 2 is 2.29 bits per heavy atom. The van der Waals surface area contributed by atoms with Crippen molar-refractivity contribution in [3.8, 4) is 5.88 Å². The number of aromatic nitrogens is 5. The van der Waals surface area contributed by atoms with E-state index in [-0.39, 0.29) is 0 Å². The highest BCUT2D eigenvalue weighted by molar-refractivity contribution is 5.30. The number of anilines is 1. The standard InChI is InChI=1S/C10H14N6O/c1-7-5-9(17-2)15-10(14-7)11-4-3-8-12-6-13-16-8/h5-6H,3-4H2,1-2H3,(H,11,14,15)(H,12,13,16). The summed E-state index contributed by atoms with van der Waals surface area (Å²) in [5.74, 6) is 1.94. The predicted molar refractivity (Wildman–Crippen MR) is 61.9 cm³/mol. The minimum Gasteiger partial charge on any atom is -0.481 e. The molecule has 7 nitrogen and oxygen atoms in total. The van der Waals surface area contributed by atoms with Crippen LogP contribution in [0.4, 0.5) is 5.95 Å². The van der Waals surface area contributed by atoms with E-state index < -0.39 is 0 Å². The van der Waals surface area contributed by atoms with Crippen LogP contribution in [0.25, 0.3) is 0 Å². The summed E-state index contributed by atoms with van der Waals surface area (Å²) in [6.45, 7) is 2.58. The fourth-order valence-corrected chi connectivity index (χ4v) is 1.37. The van der Waals surface area contributed by atoms with Gasteiger partial charge < -0.3 is 10.1 Å². The largest absolute Gasteiger partial charge is 0.481 e. The van der Waals surface area contributed by atoms with Gasteiger partial charge in [0.25, 0.3) is 0 Å². The Kier molecular flexibility index (Phi) is 3.49. The second-order valence-corrected chi connectivity index (χ2v) is 3.48. The smallest absolute Gasteiger partial charge is 0.226 e. The van der Waals surface area contributed by atoms with Crippen molar-refractivity contribution in [3.63, 3.8) is 0 Å². The number of nitrogens with one attached hydrogen (secondary N) is 2. The highest BCUT2D eigenvalue weighted by atomic mass is 16.5. The summed E-state index contributed by atoms with van der Waals surface area (Å²) in [7, 11) is 1.58. The Morgan fingerprint density at radius 1 is 1.41 bits per heavy atom. The number of H-pyrrole nitrogens is 1. The first-order chi connectivity index (χ1) is 8.28. The molecule has 0 saturated heterocycles. The van der Waals surface area contributed by atoms with E-state index in [1.807, 2.05) is 6.92 Å². The first kappa shape index (κ1) is 11.3. The third kappa shape index (κ3) is 3.13. The van der Waals surface area contributed by atoms with Crippen LogP contribution in [0.3, 0.4) is 0 Å². The van der Waals surface area contributed by atoms with E-state index in [1.54, 1.807) is 13.2 Å². The molecule has 17 heavy (non-hydrogen) atoms. The maximum atomic E-state index is 5.07. The summed E-state index contributed by atoms with van der Waals surface area (Å²) >= 11 is 0. The van der Waals surface area contributed by atoms with E-state index in [1.165, 1.54) is 6.33 Å². The SMILES string of the molecule is COc1cc(C)nc(NCCc2ncn[nH]2)n1. The lowest BCUT2D eigenvalue weighted by molar-refractivity contribution is 0.397. The second kappa shape index (κ2) is 5.24. The van der Waals surface area contributed by atoms with Crippen molar-refractivity contribution >= 4 is 5.95 Å². The number of hydrogen-bond acceptors (Lipinski definition) is 6. The van der Waals surface area contributed by atoms with Crippen molar-refractivity contribution in [2.24, 2.45) is 0 Å². The summed E-state index contributed by atoms with van der Waals surface area (Å²) in [5.41, 5.74) is 0.860. The molecule has 0 fully saturated rings. The third-order valence-electron chi connectivity index (χ3n) is 2.15. The molecule has 0 bridgehead atoms. The van der Waals surface area contributed by atoms with Crippen LogP contribution in [0.5, 0.6) is 5.88 Å². The van der Waals surface area contributed by atoms with Crippen LogP contribution in [0.1, 0.15) is 11.5 Å². The summed E-state index contributed by atoms with van der Waals surface area (Å²) < 4.78 is 5.07. The Labute approximate surface area is 98.7 Å². The molecule has 0 spiro atoms. The molecule has 7 heteroatoms. The van der Waals surface area contributed by atoms with Crippen LogP contribution in [-0.2, 0) is 6.42 Å². The van der Waals surface area contributed by atoms with Gasteiger partial charge >= 0.3 is 0 Å². The highest BCUT2D eigenvalue weighted by Crippen LogP contribution is 2.10. The Morgan fingerprint density at radius 3 is 3.00 bits per heavy atom. The Hall–Kier alpha value is -2.18. The van der Waals surface area contributed by atoms with Gasteiger partial charge in [-0.3, -0.25) is 5.10 Å². The van der Waals surface area contributed by atoms with Crippen LogP contribution in [-0.4, -0.2) is 38.8 Å². The van der Waals surface area contributed by atoms with Gasteiger partial charge in [-0.05, 0) is 6.92 Å². The minimum absolute atomic E-state index is 0.555. The number of aromatic amines is 1. The van der Waals surface area contributed by atoms with Crippen molar-refractivity contribution < 1.29 is 4.74 Å². The first-order valence-corrected chi connectivity index (χ1v) is 5.25. The normalized spacial score (nSPS) is 10.2. The lowest BCUT2D eigenvalue weighted by Crippen LogP contribution is -2.09. The average Bonchev–Trinajstić information content (AvgIpc) is 2.81. The zero-order valence-corrected chi connectivity index (χ0v) is 9.77. The number of ether oxygens (including phenoxy) is 1.